The molecule has 0 saturated carbocycles. The number of ketones is 1. The molecule has 1 atom stereocenters. The van der Waals surface area contributed by atoms with Crippen molar-refractivity contribution in [3.8, 4) is 0 Å². The lowest BCUT2D eigenvalue weighted by Gasteiger charge is -1.98. The number of rotatable bonds is 0. The lowest BCUT2D eigenvalue weighted by atomic mass is 10.1. The average Bonchev–Trinajstić information content (AvgIpc) is 2.20. The largest absolute Gasteiger partial charge is 0.295 e. The van der Waals surface area contributed by atoms with Gasteiger partial charge in [0.25, 0.3) is 0 Å². The van der Waals surface area contributed by atoms with Crippen LogP contribution in [0.15, 0.2) is 12.2 Å². The van der Waals surface area contributed by atoms with Gasteiger partial charge >= 0.3 is 0 Å². The average molecular weight is 154 g/mol. The zero-order chi connectivity index (χ0) is 8.69. The smallest absolute Gasteiger partial charge is 0.155 e. The van der Waals surface area contributed by atoms with Crippen molar-refractivity contribution >= 4 is 5.78 Å². The molecule has 0 radical (unpaired) electrons. The van der Waals surface area contributed by atoms with Gasteiger partial charge in [-0.15, -0.1) is 0 Å². The van der Waals surface area contributed by atoms with E-state index in [1.54, 1.807) is 6.08 Å². The van der Waals surface area contributed by atoms with E-state index < -0.39 is 0 Å². The molecule has 0 fully saturated rings. The van der Waals surface area contributed by atoms with Crippen LogP contribution in [-0.4, -0.2) is 5.78 Å². The minimum absolute atomic E-state index is 0.291. The van der Waals surface area contributed by atoms with E-state index in [2.05, 4.69) is 6.92 Å². The monoisotopic (exact) mass is 154 g/mol. The van der Waals surface area contributed by atoms with Gasteiger partial charge in [0, 0.05) is 6.42 Å². The van der Waals surface area contributed by atoms with Crippen molar-refractivity contribution in [2.24, 2.45) is 5.92 Å². The summed E-state index contributed by atoms with van der Waals surface area (Å²) in [6.45, 7) is 6.15. The lowest BCUT2D eigenvalue weighted by molar-refractivity contribution is -0.114. The standard InChI is InChI=1S/C8H12O.C2H6/c1-7-3-2-4-8(9)6-5-7;1-2/h5-7H,2-4H2,1H3;1-2H3. The number of carbonyl (C=O) groups is 1. The molecular formula is C10H18O. The second kappa shape index (κ2) is 6.14. The van der Waals surface area contributed by atoms with Crippen molar-refractivity contribution in [1.29, 1.82) is 0 Å². The molecule has 11 heavy (non-hydrogen) atoms. The normalized spacial score (nSPS) is 23.5. The SMILES string of the molecule is CC.CC1C=CC(=O)CCC1. The van der Waals surface area contributed by atoms with Crippen LogP contribution >= 0.6 is 0 Å². The number of carbonyl (C=O) groups excluding carboxylic acids is 1. The second-order valence-corrected chi connectivity index (χ2v) is 2.69. The Bertz CT molecular complexity index is 136. The van der Waals surface area contributed by atoms with Crippen LogP contribution in [0.3, 0.4) is 0 Å². The molecule has 0 bridgehead atoms. The van der Waals surface area contributed by atoms with E-state index in [9.17, 15) is 4.79 Å². The Morgan fingerprint density at radius 2 is 2.09 bits per heavy atom. The van der Waals surface area contributed by atoms with Crippen LogP contribution in [-0.2, 0) is 4.79 Å². The molecule has 1 aliphatic rings. The van der Waals surface area contributed by atoms with Crippen molar-refractivity contribution in [2.45, 2.75) is 40.0 Å². The fraction of sp³-hybridized carbons (Fsp3) is 0.700. The van der Waals surface area contributed by atoms with Gasteiger partial charge in [-0.25, -0.2) is 0 Å². The summed E-state index contributed by atoms with van der Waals surface area (Å²) < 4.78 is 0. The van der Waals surface area contributed by atoms with Crippen molar-refractivity contribution in [3.05, 3.63) is 12.2 Å². The van der Waals surface area contributed by atoms with Crippen LogP contribution in [0.1, 0.15) is 40.0 Å². The van der Waals surface area contributed by atoms with Gasteiger partial charge in [0.15, 0.2) is 5.78 Å². The number of hydrogen-bond donors (Lipinski definition) is 0. The molecule has 1 aliphatic carbocycles. The van der Waals surface area contributed by atoms with E-state index >= 15 is 0 Å². The minimum atomic E-state index is 0.291. The van der Waals surface area contributed by atoms with Gasteiger partial charge in [-0.3, -0.25) is 4.79 Å². The van der Waals surface area contributed by atoms with Crippen LogP contribution in [0.4, 0.5) is 0 Å². The predicted molar refractivity (Wildman–Crippen MR) is 48.5 cm³/mol. The highest BCUT2D eigenvalue weighted by Gasteiger charge is 2.05. The molecule has 0 N–H and O–H groups in total. The Kier molecular flexibility index (Phi) is 5.81. The molecule has 1 nitrogen and oxygen atoms in total. The van der Waals surface area contributed by atoms with E-state index in [-0.39, 0.29) is 0 Å². The summed E-state index contributed by atoms with van der Waals surface area (Å²) >= 11 is 0. The molecule has 0 aromatic rings. The summed E-state index contributed by atoms with van der Waals surface area (Å²) in [6.07, 6.45) is 6.71. The van der Waals surface area contributed by atoms with Crippen LogP contribution < -0.4 is 0 Å². The Labute approximate surface area is 69.5 Å². The summed E-state index contributed by atoms with van der Waals surface area (Å²) in [5.41, 5.74) is 0. The zero-order valence-electron chi connectivity index (χ0n) is 7.76. The third-order valence-electron chi connectivity index (χ3n) is 1.69. The lowest BCUT2D eigenvalue weighted by Crippen LogP contribution is -1.88. The Morgan fingerprint density at radius 1 is 1.45 bits per heavy atom. The van der Waals surface area contributed by atoms with Gasteiger partial charge in [0.1, 0.15) is 0 Å². The summed E-state index contributed by atoms with van der Waals surface area (Å²) in [6, 6.07) is 0. The molecule has 0 heterocycles. The maximum atomic E-state index is 10.7. The topological polar surface area (TPSA) is 17.1 Å². The first-order valence-corrected chi connectivity index (χ1v) is 4.50. The summed E-state index contributed by atoms with van der Waals surface area (Å²) in [7, 11) is 0. The number of allylic oxidation sites excluding steroid dienone is 2. The molecule has 0 amide bonds. The third-order valence-corrected chi connectivity index (χ3v) is 1.69. The predicted octanol–water partition coefficient (Wildman–Crippen LogP) is 2.96. The molecule has 1 rings (SSSR count). The highest BCUT2D eigenvalue weighted by Crippen LogP contribution is 2.13. The van der Waals surface area contributed by atoms with E-state index in [0.717, 1.165) is 12.8 Å². The first-order valence-electron chi connectivity index (χ1n) is 4.50. The van der Waals surface area contributed by atoms with Crippen LogP contribution in [0.5, 0.6) is 0 Å². The van der Waals surface area contributed by atoms with E-state index in [4.69, 9.17) is 0 Å². The van der Waals surface area contributed by atoms with Crippen LogP contribution in [0.25, 0.3) is 0 Å². The van der Waals surface area contributed by atoms with Gasteiger partial charge in [-0.2, -0.15) is 0 Å². The fourth-order valence-corrected chi connectivity index (χ4v) is 1.05. The van der Waals surface area contributed by atoms with Gasteiger partial charge < -0.3 is 0 Å². The van der Waals surface area contributed by atoms with Gasteiger partial charge in [0.05, 0.1) is 0 Å². The Morgan fingerprint density at radius 3 is 2.73 bits per heavy atom. The van der Waals surface area contributed by atoms with Crippen molar-refractivity contribution < 1.29 is 4.79 Å². The molecule has 0 saturated heterocycles. The Balaban J connectivity index is 0.000000461. The molecule has 0 spiro atoms. The molecule has 0 aromatic heterocycles. The molecule has 1 heteroatoms. The summed E-state index contributed by atoms with van der Waals surface area (Å²) in [5, 5.41) is 0. The summed E-state index contributed by atoms with van der Waals surface area (Å²) in [5.74, 6) is 0.899. The highest BCUT2D eigenvalue weighted by atomic mass is 16.1. The maximum Gasteiger partial charge on any atom is 0.155 e. The van der Waals surface area contributed by atoms with Gasteiger partial charge in [-0.1, -0.05) is 26.8 Å². The van der Waals surface area contributed by atoms with Crippen molar-refractivity contribution in [3.63, 3.8) is 0 Å². The maximum absolute atomic E-state index is 10.7. The molecule has 0 aliphatic heterocycles. The Hall–Kier alpha value is -0.590. The first kappa shape index (κ1) is 10.4. The molecule has 64 valence electrons. The van der Waals surface area contributed by atoms with Gasteiger partial charge in [0.2, 0.25) is 0 Å². The highest BCUT2D eigenvalue weighted by molar-refractivity contribution is 5.89. The van der Waals surface area contributed by atoms with Crippen LogP contribution in [0.2, 0.25) is 0 Å². The van der Waals surface area contributed by atoms with Crippen molar-refractivity contribution in [2.75, 3.05) is 0 Å². The van der Waals surface area contributed by atoms with E-state index in [1.807, 2.05) is 19.9 Å². The molecule has 0 aromatic carbocycles. The quantitative estimate of drug-likeness (QED) is 0.524. The first-order chi connectivity index (χ1) is 5.29. The van der Waals surface area contributed by atoms with Crippen molar-refractivity contribution in [1.82, 2.24) is 0 Å². The van der Waals surface area contributed by atoms with Crippen LogP contribution in [0, 0.1) is 5.92 Å². The third kappa shape index (κ3) is 4.77. The fourth-order valence-electron chi connectivity index (χ4n) is 1.05. The summed E-state index contributed by atoms with van der Waals surface area (Å²) in [4.78, 5) is 10.7. The zero-order valence-corrected chi connectivity index (χ0v) is 7.76. The second-order valence-electron chi connectivity index (χ2n) is 2.69. The van der Waals surface area contributed by atoms with Gasteiger partial charge in [-0.05, 0) is 24.8 Å². The minimum Gasteiger partial charge on any atom is -0.295 e. The molecule has 1 unspecified atom stereocenters. The number of hydrogen-bond acceptors (Lipinski definition) is 1. The molecular weight excluding hydrogens is 136 g/mol. The van der Waals surface area contributed by atoms with E-state index in [1.165, 1.54) is 6.42 Å². The van der Waals surface area contributed by atoms with E-state index in [0.29, 0.717) is 11.7 Å².